The first-order chi connectivity index (χ1) is 12.4. The predicted molar refractivity (Wildman–Crippen MR) is 99.6 cm³/mol. The van der Waals surface area contributed by atoms with Gasteiger partial charge in [0.05, 0.1) is 17.3 Å². The fourth-order valence-electron chi connectivity index (χ4n) is 2.23. The van der Waals surface area contributed by atoms with Gasteiger partial charge in [0.2, 0.25) is 0 Å². The van der Waals surface area contributed by atoms with Gasteiger partial charge >= 0.3 is 6.01 Å². The van der Waals surface area contributed by atoms with Crippen LogP contribution in [0.1, 0.15) is 34.9 Å². The van der Waals surface area contributed by atoms with E-state index >= 15 is 0 Å². The SMILES string of the molecule is Cc1nc(C)c(-c2nnc(NC(=O)c3ccc(OCC(C)C)cc3)o2)s1. The molecule has 1 amide bonds. The minimum atomic E-state index is -0.326. The third kappa shape index (κ3) is 4.26. The molecule has 0 unspecified atom stereocenters. The molecule has 0 atom stereocenters. The highest BCUT2D eigenvalue weighted by atomic mass is 32.1. The summed E-state index contributed by atoms with van der Waals surface area (Å²) >= 11 is 1.47. The molecule has 0 saturated carbocycles. The molecule has 0 aliphatic heterocycles. The molecule has 0 saturated heterocycles. The number of benzene rings is 1. The van der Waals surface area contributed by atoms with E-state index in [1.165, 1.54) is 11.3 Å². The number of hydrogen-bond acceptors (Lipinski definition) is 7. The molecule has 7 nitrogen and oxygen atoms in total. The van der Waals surface area contributed by atoms with Crippen molar-refractivity contribution in [1.82, 2.24) is 15.2 Å². The van der Waals surface area contributed by atoms with E-state index in [1.54, 1.807) is 24.3 Å². The average molecular weight is 372 g/mol. The van der Waals surface area contributed by atoms with Gasteiger partial charge in [-0.25, -0.2) is 4.98 Å². The Morgan fingerprint density at radius 2 is 1.96 bits per heavy atom. The highest BCUT2D eigenvalue weighted by molar-refractivity contribution is 7.15. The third-order valence-corrected chi connectivity index (χ3v) is 4.50. The van der Waals surface area contributed by atoms with Gasteiger partial charge in [-0.15, -0.1) is 16.4 Å². The van der Waals surface area contributed by atoms with Gasteiger partial charge in [-0.2, -0.15) is 0 Å². The summed E-state index contributed by atoms with van der Waals surface area (Å²) < 4.78 is 11.1. The van der Waals surface area contributed by atoms with Gasteiger partial charge in [-0.3, -0.25) is 10.1 Å². The number of anilines is 1. The minimum absolute atomic E-state index is 0.0515. The Labute approximate surface area is 155 Å². The van der Waals surface area contributed by atoms with Crippen LogP contribution in [0.4, 0.5) is 6.01 Å². The van der Waals surface area contributed by atoms with Gasteiger partial charge in [0.25, 0.3) is 11.8 Å². The van der Waals surface area contributed by atoms with Gasteiger partial charge in [-0.05, 0) is 44.0 Å². The molecule has 0 fully saturated rings. The summed E-state index contributed by atoms with van der Waals surface area (Å²) in [5, 5.41) is 11.4. The van der Waals surface area contributed by atoms with Crippen molar-refractivity contribution in [2.45, 2.75) is 27.7 Å². The van der Waals surface area contributed by atoms with E-state index in [4.69, 9.17) is 9.15 Å². The zero-order valence-corrected chi connectivity index (χ0v) is 15.9. The second-order valence-corrected chi connectivity index (χ2v) is 7.45. The quantitative estimate of drug-likeness (QED) is 0.701. The van der Waals surface area contributed by atoms with Crippen LogP contribution in [0, 0.1) is 19.8 Å². The fourth-order valence-corrected chi connectivity index (χ4v) is 3.07. The van der Waals surface area contributed by atoms with E-state index in [9.17, 15) is 4.79 Å². The van der Waals surface area contributed by atoms with Crippen molar-refractivity contribution in [1.29, 1.82) is 0 Å². The number of rotatable bonds is 6. The molecule has 2 aromatic heterocycles. The van der Waals surface area contributed by atoms with Crippen LogP contribution in [0.15, 0.2) is 28.7 Å². The second-order valence-electron chi connectivity index (χ2n) is 6.24. The van der Waals surface area contributed by atoms with Crippen LogP contribution in [-0.4, -0.2) is 27.7 Å². The Bertz CT molecular complexity index is 900. The van der Waals surface area contributed by atoms with Crippen LogP contribution in [0.5, 0.6) is 5.75 Å². The first-order valence-corrected chi connectivity index (χ1v) is 9.06. The molecule has 0 aliphatic carbocycles. The number of thiazole rings is 1. The smallest absolute Gasteiger partial charge is 0.322 e. The van der Waals surface area contributed by atoms with Gasteiger partial charge < -0.3 is 9.15 Å². The summed E-state index contributed by atoms with van der Waals surface area (Å²) in [5.41, 5.74) is 1.30. The van der Waals surface area contributed by atoms with Gasteiger partial charge in [-0.1, -0.05) is 18.9 Å². The summed E-state index contributed by atoms with van der Waals surface area (Å²) in [6.07, 6.45) is 0. The number of carbonyl (C=O) groups is 1. The predicted octanol–water partition coefficient (Wildman–Crippen LogP) is 4.10. The number of hydrogen-bond donors (Lipinski definition) is 1. The normalized spacial score (nSPS) is 11.0. The lowest BCUT2D eigenvalue weighted by Gasteiger charge is -2.08. The standard InChI is InChI=1S/C18H20N4O3S/c1-10(2)9-24-14-7-5-13(6-8-14)16(23)20-18-22-21-17(25-18)15-11(3)19-12(4)26-15/h5-8,10H,9H2,1-4H3,(H,20,22,23). The monoisotopic (exact) mass is 372 g/mol. The van der Waals surface area contributed by atoms with Crippen molar-refractivity contribution in [3.63, 3.8) is 0 Å². The van der Waals surface area contributed by atoms with Crippen LogP contribution in [0.2, 0.25) is 0 Å². The van der Waals surface area contributed by atoms with Crippen molar-refractivity contribution in [3.05, 3.63) is 40.5 Å². The number of amides is 1. The summed E-state index contributed by atoms with van der Waals surface area (Å²) in [6.45, 7) is 8.58. The van der Waals surface area contributed by atoms with E-state index in [1.807, 2.05) is 13.8 Å². The maximum atomic E-state index is 12.3. The fraction of sp³-hybridized carbons (Fsp3) is 0.333. The number of aromatic nitrogens is 3. The molecule has 136 valence electrons. The van der Waals surface area contributed by atoms with Gasteiger partial charge in [0, 0.05) is 5.56 Å². The van der Waals surface area contributed by atoms with Crippen molar-refractivity contribution in [3.8, 4) is 16.5 Å². The number of nitrogens with zero attached hydrogens (tertiary/aromatic N) is 3. The molecular formula is C18H20N4O3S. The lowest BCUT2D eigenvalue weighted by molar-refractivity contribution is 0.102. The highest BCUT2D eigenvalue weighted by Gasteiger charge is 2.16. The molecule has 2 heterocycles. The van der Waals surface area contributed by atoms with Crippen LogP contribution in [0.25, 0.3) is 10.8 Å². The van der Waals surface area contributed by atoms with E-state index in [0.717, 1.165) is 21.3 Å². The molecule has 0 bridgehead atoms. The van der Waals surface area contributed by atoms with Crippen LogP contribution >= 0.6 is 11.3 Å². The van der Waals surface area contributed by atoms with E-state index < -0.39 is 0 Å². The summed E-state index contributed by atoms with van der Waals surface area (Å²) in [6, 6.07) is 6.97. The molecule has 3 aromatic rings. The van der Waals surface area contributed by atoms with Crippen molar-refractivity contribution < 1.29 is 13.9 Å². The molecule has 0 aliphatic rings. The Hall–Kier alpha value is -2.74. The van der Waals surface area contributed by atoms with Gasteiger partial charge in [0.15, 0.2) is 0 Å². The molecule has 26 heavy (non-hydrogen) atoms. The third-order valence-electron chi connectivity index (χ3n) is 3.44. The number of ether oxygens (including phenoxy) is 1. The number of aryl methyl sites for hydroxylation is 2. The topological polar surface area (TPSA) is 90.1 Å². The molecule has 1 aromatic carbocycles. The minimum Gasteiger partial charge on any atom is -0.493 e. The number of carbonyl (C=O) groups excluding carboxylic acids is 1. The second kappa shape index (κ2) is 7.65. The Morgan fingerprint density at radius 3 is 2.58 bits per heavy atom. The zero-order valence-electron chi connectivity index (χ0n) is 15.1. The van der Waals surface area contributed by atoms with E-state index in [-0.39, 0.29) is 11.9 Å². The summed E-state index contributed by atoms with van der Waals surface area (Å²) in [5.74, 6) is 1.19. The molecule has 0 spiro atoms. The molecule has 1 N–H and O–H groups in total. The number of nitrogens with one attached hydrogen (secondary N) is 1. The van der Waals surface area contributed by atoms with Crippen molar-refractivity contribution in [2.75, 3.05) is 11.9 Å². The van der Waals surface area contributed by atoms with Gasteiger partial charge in [0.1, 0.15) is 10.6 Å². The Kier molecular flexibility index (Phi) is 5.32. The highest BCUT2D eigenvalue weighted by Crippen LogP contribution is 2.29. The Morgan fingerprint density at radius 1 is 1.23 bits per heavy atom. The zero-order chi connectivity index (χ0) is 18.7. The lowest BCUT2D eigenvalue weighted by atomic mass is 10.2. The average Bonchev–Trinajstić information content (AvgIpc) is 3.19. The van der Waals surface area contributed by atoms with E-state index in [0.29, 0.717) is 24.0 Å². The largest absolute Gasteiger partial charge is 0.493 e. The van der Waals surface area contributed by atoms with E-state index in [2.05, 4.69) is 34.3 Å². The van der Waals surface area contributed by atoms with Crippen LogP contribution < -0.4 is 10.1 Å². The summed E-state index contributed by atoms with van der Waals surface area (Å²) in [4.78, 5) is 17.5. The van der Waals surface area contributed by atoms with Crippen molar-refractivity contribution >= 4 is 23.3 Å². The summed E-state index contributed by atoms with van der Waals surface area (Å²) in [7, 11) is 0. The van der Waals surface area contributed by atoms with Crippen LogP contribution in [-0.2, 0) is 0 Å². The molecular weight excluding hydrogens is 352 g/mol. The maximum Gasteiger partial charge on any atom is 0.322 e. The molecule has 0 radical (unpaired) electrons. The lowest BCUT2D eigenvalue weighted by Crippen LogP contribution is -2.12. The molecule has 3 rings (SSSR count). The Balaban J connectivity index is 1.66. The first kappa shape index (κ1) is 18.1. The maximum absolute atomic E-state index is 12.3. The first-order valence-electron chi connectivity index (χ1n) is 8.24. The van der Waals surface area contributed by atoms with Crippen molar-refractivity contribution in [2.24, 2.45) is 5.92 Å². The van der Waals surface area contributed by atoms with Crippen LogP contribution in [0.3, 0.4) is 0 Å². The molecule has 8 heteroatoms.